The van der Waals surface area contributed by atoms with Crippen molar-refractivity contribution in [2.45, 2.75) is 25.6 Å². The second kappa shape index (κ2) is 3.86. The van der Waals surface area contributed by atoms with Gasteiger partial charge in [-0.05, 0) is 19.4 Å². The lowest BCUT2D eigenvalue weighted by Gasteiger charge is -2.43. The van der Waals surface area contributed by atoms with Crippen LogP contribution in [0.25, 0.3) is 0 Å². The van der Waals surface area contributed by atoms with Crippen molar-refractivity contribution in [3.05, 3.63) is 35.9 Å². The van der Waals surface area contributed by atoms with Crippen molar-refractivity contribution in [3.8, 4) is 0 Å². The van der Waals surface area contributed by atoms with Crippen LogP contribution in [0.2, 0.25) is 0 Å². The maximum Gasteiger partial charge on any atom is 0.261 e. The van der Waals surface area contributed by atoms with Gasteiger partial charge in [-0.25, -0.2) is 16.7 Å². The first kappa shape index (κ1) is 11.1. The number of nitrogens with one attached hydrogen (secondary N) is 2. The molecule has 1 aliphatic rings. The Morgan fingerprint density at radius 2 is 1.94 bits per heavy atom. The van der Waals surface area contributed by atoms with Crippen molar-refractivity contribution >= 4 is 5.91 Å². The topological polar surface area (TPSA) is 70.4 Å². The largest absolute Gasteiger partial charge is 0.271 e. The van der Waals surface area contributed by atoms with Crippen LogP contribution < -0.4 is 16.7 Å². The number of nitrogens with zero attached hydrogens (tertiary/aromatic N) is 1. The van der Waals surface area contributed by atoms with E-state index in [9.17, 15) is 4.79 Å². The minimum atomic E-state index is -0.581. The molecule has 0 aromatic heterocycles. The maximum atomic E-state index is 12.0. The molecule has 0 aliphatic carbocycles. The summed E-state index contributed by atoms with van der Waals surface area (Å²) in [5.41, 5.74) is 6.32. The zero-order chi connectivity index (χ0) is 11.8. The fraction of sp³-hybridized carbons (Fsp3) is 0.364. The molecule has 1 saturated heterocycles. The van der Waals surface area contributed by atoms with Crippen molar-refractivity contribution < 1.29 is 4.79 Å². The molecule has 1 amide bonds. The van der Waals surface area contributed by atoms with Crippen molar-refractivity contribution in [1.29, 1.82) is 0 Å². The van der Waals surface area contributed by atoms with E-state index >= 15 is 0 Å². The van der Waals surface area contributed by atoms with Gasteiger partial charge in [0.1, 0.15) is 11.7 Å². The van der Waals surface area contributed by atoms with Gasteiger partial charge < -0.3 is 0 Å². The molecular weight excluding hydrogens is 204 g/mol. The summed E-state index contributed by atoms with van der Waals surface area (Å²) < 4.78 is 0. The number of hydrazine groups is 2. The second-order valence-corrected chi connectivity index (χ2v) is 4.38. The Bertz CT molecular complexity index is 390. The van der Waals surface area contributed by atoms with Crippen LogP contribution in [0.1, 0.15) is 25.5 Å². The lowest BCUT2D eigenvalue weighted by molar-refractivity contribution is -0.147. The van der Waals surface area contributed by atoms with Crippen molar-refractivity contribution in [2.24, 2.45) is 5.84 Å². The molecule has 1 aliphatic heterocycles. The van der Waals surface area contributed by atoms with E-state index in [0.29, 0.717) is 0 Å². The van der Waals surface area contributed by atoms with Crippen LogP contribution in [0, 0.1) is 0 Å². The molecule has 0 spiro atoms. The summed E-state index contributed by atoms with van der Waals surface area (Å²) in [4.78, 5) is 12.0. The van der Waals surface area contributed by atoms with E-state index < -0.39 is 11.7 Å². The first-order valence-electron chi connectivity index (χ1n) is 5.19. The van der Waals surface area contributed by atoms with Crippen LogP contribution in [0.5, 0.6) is 0 Å². The number of benzene rings is 1. The number of carbonyl (C=O) groups is 1. The molecule has 0 radical (unpaired) electrons. The van der Waals surface area contributed by atoms with Crippen LogP contribution in [0.15, 0.2) is 30.3 Å². The van der Waals surface area contributed by atoms with Gasteiger partial charge in [-0.2, -0.15) is 0 Å². The average molecular weight is 220 g/mol. The SMILES string of the molecule is CC1(C)NNC(c2ccccc2)C(=O)N1N. The summed E-state index contributed by atoms with van der Waals surface area (Å²) in [5, 5.41) is 1.22. The first-order chi connectivity index (χ1) is 7.52. The van der Waals surface area contributed by atoms with Gasteiger partial charge in [0.25, 0.3) is 5.91 Å². The highest BCUT2D eigenvalue weighted by atomic mass is 16.2. The molecule has 1 atom stereocenters. The Morgan fingerprint density at radius 3 is 2.56 bits per heavy atom. The molecule has 2 rings (SSSR count). The molecule has 0 saturated carbocycles. The third-order valence-corrected chi connectivity index (χ3v) is 2.74. The Balaban J connectivity index is 2.24. The normalized spacial score (nSPS) is 24.6. The van der Waals surface area contributed by atoms with Gasteiger partial charge in [0.2, 0.25) is 0 Å². The van der Waals surface area contributed by atoms with E-state index in [-0.39, 0.29) is 5.91 Å². The fourth-order valence-corrected chi connectivity index (χ4v) is 1.66. The van der Waals surface area contributed by atoms with E-state index in [0.717, 1.165) is 5.56 Å². The standard InChI is InChI=1S/C11H16N4O/c1-11(2)14-13-9(10(16)15(11)12)8-6-4-3-5-7-8/h3-7,9,13-14H,12H2,1-2H3. The fourth-order valence-electron chi connectivity index (χ4n) is 1.66. The summed E-state index contributed by atoms with van der Waals surface area (Å²) in [6, 6.07) is 9.05. The van der Waals surface area contributed by atoms with Crippen LogP contribution >= 0.6 is 0 Å². The second-order valence-electron chi connectivity index (χ2n) is 4.38. The van der Waals surface area contributed by atoms with Crippen molar-refractivity contribution in [2.75, 3.05) is 0 Å². The maximum absolute atomic E-state index is 12.0. The molecule has 5 heteroatoms. The monoisotopic (exact) mass is 220 g/mol. The highest BCUT2D eigenvalue weighted by Gasteiger charge is 2.38. The molecular formula is C11H16N4O. The summed E-state index contributed by atoms with van der Waals surface area (Å²) in [6.45, 7) is 3.66. The number of hydrogen-bond acceptors (Lipinski definition) is 4. The number of carbonyl (C=O) groups excluding carboxylic acids is 1. The number of amides is 1. The number of hydrogen-bond donors (Lipinski definition) is 3. The predicted octanol–water partition coefficient (Wildman–Crippen LogP) is 0.274. The van der Waals surface area contributed by atoms with Crippen molar-refractivity contribution in [1.82, 2.24) is 15.9 Å². The minimum Gasteiger partial charge on any atom is -0.271 e. The Hall–Kier alpha value is -1.43. The summed E-state index contributed by atoms with van der Waals surface area (Å²) in [5.74, 6) is 5.62. The van der Waals surface area contributed by atoms with Crippen LogP contribution in [-0.4, -0.2) is 16.6 Å². The lowest BCUT2D eigenvalue weighted by atomic mass is 10.0. The third kappa shape index (κ3) is 1.80. The summed E-state index contributed by atoms with van der Waals surface area (Å²) in [6.07, 6.45) is 0. The molecule has 1 aromatic carbocycles. The third-order valence-electron chi connectivity index (χ3n) is 2.74. The van der Waals surface area contributed by atoms with E-state index in [1.165, 1.54) is 5.01 Å². The summed E-state index contributed by atoms with van der Waals surface area (Å²) >= 11 is 0. The predicted molar refractivity (Wildman–Crippen MR) is 60.6 cm³/mol. The van der Waals surface area contributed by atoms with E-state index in [2.05, 4.69) is 10.9 Å². The van der Waals surface area contributed by atoms with E-state index in [1.807, 2.05) is 44.2 Å². The van der Waals surface area contributed by atoms with Crippen LogP contribution in [0.3, 0.4) is 0 Å². The van der Waals surface area contributed by atoms with Gasteiger partial charge in [-0.1, -0.05) is 30.3 Å². The highest BCUT2D eigenvalue weighted by Crippen LogP contribution is 2.21. The van der Waals surface area contributed by atoms with Gasteiger partial charge in [0.05, 0.1) is 0 Å². The van der Waals surface area contributed by atoms with E-state index in [4.69, 9.17) is 5.84 Å². The Labute approximate surface area is 94.6 Å². The average Bonchev–Trinajstić information content (AvgIpc) is 2.27. The molecule has 4 N–H and O–H groups in total. The molecule has 86 valence electrons. The zero-order valence-electron chi connectivity index (χ0n) is 9.40. The van der Waals surface area contributed by atoms with Crippen LogP contribution in [0.4, 0.5) is 0 Å². The minimum absolute atomic E-state index is 0.144. The van der Waals surface area contributed by atoms with Gasteiger partial charge >= 0.3 is 0 Å². The highest BCUT2D eigenvalue weighted by molar-refractivity contribution is 5.84. The molecule has 1 heterocycles. The molecule has 0 bridgehead atoms. The van der Waals surface area contributed by atoms with Gasteiger partial charge in [-0.15, -0.1) is 0 Å². The first-order valence-corrected chi connectivity index (χ1v) is 5.19. The number of nitrogens with two attached hydrogens (primary N) is 1. The quantitative estimate of drug-likeness (QED) is 0.469. The molecule has 1 unspecified atom stereocenters. The molecule has 16 heavy (non-hydrogen) atoms. The zero-order valence-corrected chi connectivity index (χ0v) is 9.40. The van der Waals surface area contributed by atoms with Gasteiger partial charge in [0.15, 0.2) is 0 Å². The van der Waals surface area contributed by atoms with Crippen molar-refractivity contribution in [3.63, 3.8) is 0 Å². The van der Waals surface area contributed by atoms with Gasteiger partial charge in [-0.3, -0.25) is 9.80 Å². The summed E-state index contributed by atoms with van der Waals surface area (Å²) in [7, 11) is 0. The van der Waals surface area contributed by atoms with Gasteiger partial charge in [0, 0.05) is 0 Å². The Kier molecular flexibility index (Phi) is 2.67. The smallest absolute Gasteiger partial charge is 0.261 e. The number of rotatable bonds is 1. The van der Waals surface area contributed by atoms with E-state index in [1.54, 1.807) is 0 Å². The molecule has 5 nitrogen and oxygen atoms in total. The Morgan fingerprint density at radius 1 is 1.31 bits per heavy atom. The van der Waals surface area contributed by atoms with Crippen LogP contribution in [-0.2, 0) is 4.79 Å². The lowest BCUT2D eigenvalue weighted by Crippen LogP contribution is -2.71. The molecule has 1 fully saturated rings. The molecule has 1 aromatic rings.